The molecule has 0 saturated carbocycles. The van der Waals surface area contributed by atoms with Crippen LogP contribution in [0.3, 0.4) is 0 Å². The van der Waals surface area contributed by atoms with E-state index in [2.05, 4.69) is 15.5 Å². The van der Waals surface area contributed by atoms with Crippen LogP contribution >= 0.6 is 23.4 Å². The Labute approximate surface area is 182 Å². The summed E-state index contributed by atoms with van der Waals surface area (Å²) in [6, 6.07) is 11.1. The highest BCUT2D eigenvalue weighted by Crippen LogP contribution is 2.31. The number of nitrogens with zero attached hydrogens (tertiary/aromatic N) is 3. The third-order valence-electron chi connectivity index (χ3n) is 4.14. The number of benzene rings is 2. The van der Waals surface area contributed by atoms with Gasteiger partial charge in [-0.3, -0.25) is 4.79 Å². The minimum Gasteiger partial charge on any atom is -0.493 e. The lowest BCUT2D eigenvalue weighted by Crippen LogP contribution is -2.15. The number of anilines is 1. The molecule has 1 N–H and O–H groups in total. The number of halogens is 2. The van der Waals surface area contributed by atoms with E-state index in [4.69, 9.17) is 21.1 Å². The predicted octanol–water partition coefficient (Wildman–Crippen LogP) is 4.49. The van der Waals surface area contributed by atoms with E-state index >= 15 is 0 Å². The number of hydrogen-bond donors (Lipinski definition) is 1. The van der Waals surface area contributed by atoms with Gasteiger partial charge in [0.25, 0.3) is 0 Å². The smallest absolute Gasteiger partial charge is 0.234 e. The Kier molecular flexibility index (Phi) is 7.17. The number of nitrogens with one attached hydrogen (secondary N) is 1. The second-order valence-corrected chi connectivity index (χ2v) is 7.62. The van der Waals surface area contributed by atoms with E-state index in [-0.39, 0.29) is 22.8 Å². The molecule has 0 fully saturated rings. The molecule has 10 heteroatoms. The van der Waals surface area contributed by atoms with E-state index in [1.165, 1.54) is 23.9 Å². The zero-order valence-electron chi connectivity index (χ0n) is 16.6. The van der Waals surface area contributed by atoms with Gasteiger partial charge < -0.3 is 19.4 Å². The Morgan fingerprint density at radius 2 is 2.00 bits per heavy atom. The van der Waals surface area contributed by atoms with Crippen molar-refractivity contribution < 1.29 is 18.7 Å². The lowest BCUT2D eigenvalue weighted by atomic mass is 10.3. The summed E-state index contributed by atoms with van der Waals surface area (Å²) in [6.07, 6.45) is -0.389. The zero-order chi connectivity index (χ0) is 21.7. The molecule has 1 amide bonds. The fourth-order valence-electron chi connectivity index (χ4n) is 2.67. The summed E-state index contributed by atoms with van der Waals surface area (Å²) in [4.78, 5) is 12.2. The number of methoxy groups -OCH3 is 1. The quantitative estimate of drug-likeness (QED) is 0.509. The molecule has 3 rings (SSSR count). The van der Waals surface area contributed by atoms with Gasteiger partial charge in [-0.2, -0.15) is 0 Å². The summed E-state index contributed by atoms with van der Waals surface area (Å²) in [6.45, 7) is 1.86. The van der Waals surface area contributed by atoms with Crippen molar-refractivity contribution in [3.8, 4) is 11.5 Å². The molecule has 158 valence electrons. The van der Waals surface area contributed by atoms with Crippen LogP contribution in [0.1, 0.15) is 18.9 Å². The van der Waals surface area contributed by atoms with Crippen LogP contribution in [0.4, 0.5) is 10.1 Å². The highest BCUT2D eigenvalue weighted by Gasteiger charge is 2.19. The Bertz CT molecular complexity index is 1050. The van der Waals surface area contributed by atoms with Crippen molar-refractivity contribution in [1.82, 2.24) is 14.8 Å². The van der Waals surface area contributed by atoms with Crippen LogP contribution in [0.2, 0.25) is 5.02 Å². The van der Waals surface area contributed by atoms with Crippen LogP contribution in [0, 0.1) is 5.82 Å². The largest absolute Gasteiger partial charge is 0.493 e. The molecular formula is C20H20ClFN4O3S. The second kappa shape index (κ2) is 9.82. The van der Waals surface area contributed by atoms with Crippen molar-refractivity contribution in [3.05, 3.63) is 59.1 Å². The number of carbonyl (C=O) groups excluding carboxylic acids is 1. The van der Waals surface area contributed by atoms with Gasteiger partial charge in [0.05, 0.1) is 23.6 Å². The number of thioether (sulfide) groups is 1. The molecule has 1 aromatic heterocycles. The zero-order valence-corrected chi connectivity index (χ0v) is 18.1. The van der Waals surface area contributed by atoms with Gasteiger partial charge in [-0.05, 0) is 37.3 Å². The van der Waals surface area contributed by atoms with Crippen LogP contribution in [-0.4, -0.2) is 33.5 Å². The van der Waals surface area contributed by atoms with Gasteiger partial charge in [0.1, 0.15) is 5.82 Å². The maximum Gasteiger partial charge on any atom is 0.234 e. The summed E-state index contributed by atoms with van der Waals surface area (Å²) in [7, 11) is 3.38. The van der Waals surface area contributed by atoms with Crippen LogP contribution in [0.25, 0.3) is 0 Å². The summed E-state index contributed by atoms with van der Waals surface area (Å²) < 4.78 is 26.1. The Hall–Kier alpha value is -2.78. The molecule has 2 aromatic carbocycles. The van der Waals surface area contributed by atoms with Crippen LogP contribution in [0.5, 0.6) is 11.5 Å². The predicted molar refractivity (Wildman–Crippen MR) is 114 cm³/mol. The molecule has 1 unspecified atom stereocenters. The molecule has 30 heavy (non-hydrogen) atoms. The number of para-hydroxylation sites is 2. The fourth-order valence-corrected chi connectivity index (χ4v) is 3.60. The lowest BCUT2D eigenvalue weighted by molar-refractivity contribution is -0.113. The minimum atomic E-state index is -0.469. The van der Waals surface area contributed by atoms with Gasteiger partial charge in [-0.25, -0.2) is 4.39 Å². The van der Waals surface area contributed by atoms with Crippen molar-refractivity contribution in [3.63, 3.8) is 0 Å². The first-order valence-corrected chi connectivity index (χ1v) is 10.3. The van der Waals surface area contributed by atoms with Crippen LogP contribution in [0.15, 0.2) is 47.6 Å². The summed E-state index contributed by atoms with van der Waals surface area (Å²) in [5.41, 5.74) is 0.348. The first-order chi connectivity index (χ1) is 14.4. The third kappa shape index (κ3) is 5.22. The normalized spacial score (nSPS) is 11.8. The molecule has 7 nitrogen and oxygen atoms in total. The van der Waals surface area contributed by atoms with E-state index in [1.54, 1.807) is 18.7 Å². The second-order valence-electron chi connectivity index (χ2n) is 6.27. The van der Waals surface area contributed by atoms with Crippen molar-refractivity contribution in [2.75, 3.05) is 18.2 Å². The number of aromatic nitrogens is 3. The first-order valence-electron chi connectivity index (χ1n) is 8.95. The summed E-state index contributed by atoms with van der Waals surface area (Å²) in [5.74, 6) is 1.14. The summed E-state index contributed by atoms with van der Waals surface area (Å²) >= 11 is 7.15. The minimum absolute atomic E-state index is 0.0847. The Morgan fingerprint density at radius 1 is 1.27 bits per heavy atom. The lowest BCUT2D eigenvalue weighted by Gasteiger charge is -2.16. The Morgan fingerprint density at radius 3 is 2.70 bits per heavy atom. The third-order valence-corrected chi connectivity index (χ3v) is 5.48. The average molecular weight is 451 g/mol. The number of ether oxygens (including phenoxy) is 2. The maximum absolute atomic E-state index is 13.1. The topological polar surface area (TPSA) is 78.3 Å². The van der Waals surface area contributed by atoms with Crippen molar-refractivity contribution in [2.24, 2.45) is 7.05 Å². The number of rotatable bonds is 8. The van der Waals surface area contributed by atoms with Crippen molar-refractivity contribution in [2.45, 2.75) is 18.2 Å². The fraction of sp³-hybridized carbons (Fsp3) is 0.250. The van der Waals surface area contributed by atoms with E-state index < -0.39 is 5.82 Å². The van der Waals surface area contributed by atoms with E-state index in [0.717, 1.165) is 6.07 Å². The first kappa shape index (κ1) is 21.9. The van der Waals surface area contributed by atoms with E-state index in [9.17, 15) is 9.18 Å². The molecule has 0 aliphatic rings. The number of carbonyl (C=O) groups is 1. The standard InChI is InChI=1S/C20H20ClFN4O3S/c1-12(29-17-7-5-4-6-16(17)28-3)19-24-25-20(26(19)2)30-11-18(27)23-15-9-8-13(22)10-14(15)21/h4-10,12H,11H2,1-3H3,(H,23,27). The van der Waals surface area contributed by atoms with Gasteiger partial charge in [0.2, 0.25) is 5.91 Å². The van der Waals surface area contributed by atoms with Crippen LogP contribution in [-0.2, 0) is 11.8 Å². The monoisotopic (exact) mass is 450 g/mol. The molecule has 1 heterocycles. The molecule has 0 saturated heterocycles. The van der Waals surface area contributed by atoms with E-state index in [0.29, 0.717) is 28.2 Å². The number of amides is 1. The molecule has 0 radical (unpaired) electrons. The van der Waals surface area contributed by atoms with Gasteiger partial charge in [0.15, 0.2) is 28.6 Å². The van der Waals surface area contributed by atoms with E-state index in [1.807, 2.05) is 31.2 Å². The molecule has 0 bridgehead atoms. The van der Waals surface area contributed by atoms with Crippen LogP contribution < -0.4 is 14.8 Å². The van der Waals surface area contributed by atoms with Crippen molar-refractivity contribution in [1.29, 1.82) is 0 Å². The molecule has 0 aliphatic carbocycles. The number of hydrogen-bond acceptors (Lipinski definition) is 6. The molecule has 1 atom stereocenters. The highest BCUT2D eigenvalue weighted by atomic mass is 35.5. The molecule has 0 aliphatic heterocycles. The van der Waals surface area contributed by atoms with Crippen molar-refractivity contribution >= 4 is 35.0 Å². The molecular weight excluding hydrogens is 431 g/mol. The van der Waals surface area contributed by atoms with Gasteiger partial charge in [-0.15, -0.1) is 10.2 Å². The molecule has 0 spiro atoms. The average Bonchev–Trinajstić information content (AvgIpc) is 3.09. The summed E-state index contributed by atoms with van der Waals surface area (Å²) in [5, 5.41) is 11.7. The highest BCUT2D eigenvalue weighted by molar-refractivity contribution is 7.99. The van der Waals surface area contributed by atoms with Gasteiger partial charge >= 0.3 is 0 Å². The SMILES string of the molecule is COc1ccccc1OC(C)c1nnc(SCC(=O)Nc2ccc(F)cc2Cl)n1C. The molecule has 3 aromatic rings. The Balaban J connectivity index is 1.61. The van der Waals surface area contributed by atoms with Gasteiger partial charge in [0, 0.05) is 7.05 Å². The van der Waals surface area contributed by atoms with Gasteiger partial charge in [-0.1, -0.05) is 35.5 Å². The maximum atomic E-state index is 13.1.